The van der Waals surface area contributed by atoms with Crippen molar-refractivity contribution in [2.45, 2.75) is 45.4 Å². The van der Waals surface area contributed by atoms with Crippen molar-refractivity contribution in [2.75, 3.05) is 10.6 Å². The van der Waals surface area contributed by atoms with Crippen molar-refractivity contribution in [2.24, 2.45) is 5.92 Å². The average molecular weight is 493 g/mol. The van der Waals surface area contributed by atoms with Gasteiger partial charge < -0.3 is 10.6 Å². The first kappa shape index (κ1) is 20.9. The largest absolute Gasteiger partial charge is 0.326 e. The van der Waals surface area contributed by atoms with E-state index < -0.39 is 0 Å². The zero-order chi connectivity index (χ0) is 22.2. The first-order chi connectivity index (χ1) is 15.5. The van der Waals surface area contributed by atoms with Gasteiger partial charge in [-0.1, -0.05) is 28.1 Å². The summed E-state index contributed by atoms with van der Waals surface area (Å²) in [6, 6.07) is 13.6. The monoisotopic (exact) mass is 492 g/mol. The Bertz CT molecular complexity index is 1210. The Morgan fingerprint density at radius 2 is 1.88 bits per heavy atom. The van der Waals surface area contributed by atoms with E-state index in [9.17, 15) is 9.59 Å². The fraction of sp³-hybridized carbons (Fsp3) is 0.320. The molecule has 7 heteroatoms. The van der Waals surface area contributed by atoms with Crippen LogP contribution in [0, 0.1) is 12.8 Å². The molecule has 3 aromatic rings. The molecule has 6 nitrogen and oxygen atoms in total. The van der Waals surface area contributed by atoms with Crippen LogP contribution in [0.3, 0.4) is 0 Å². The summed E-state index contributed by atoms with van der Waals surface area (Å²) in [4.78, 5) is 25.4. The molecule has 5 rings (SSSR count). The zero-order valence-corrected chi connectivity index (χ0v) is 19.5. The number of amides is 2. The number of benzene rings is 2. The third-order valence-electron chi connectivity index (χ3n) is 6.15. The molecule has 1 saturated carbocycles. The molecule has 0 unspecified atom stereocenters. The van der Waals surface area contributed by atoms with Crippen molar-refractivity contribution >= 4 is 39.1 Å². The number of fused-ring (bicyclic) bond motifs is 1. The number of anilines is 2. The second-order valence-electron chi connectivity index (χ2n) is 8.62. The standard InChI is InChI=1S/C25H25BrN4O2/c1-15-9-12-18(27-24(31)16-10-11-16)14-21(15)28-25(32)23-20-7-2-3-8-22(20)30(29-23)19-6-4-5-17(26)13-19/h4-6,9,12-14,16H,2-3,7-8,10-11H2,1H3,(H,27,31)(H,28,32). The summed E-state index contributed by atoms with van der Waals surface area (Å²) in [5.41, 5.74) is 5.88. The van der Waals surface area contributed by atoms with Crippen molar-refractivity contribution in [3.63, 3.8) is 0 Å². The molecule has 0 aliphatic heterocycles. The highest BCUT2D eigenvalue weighted by Crippen LogP contribution is 2.32. The highest BCUT2D eigenvalue weighted by atomic mass is 79.9. The lowest BCUT2D eigenvalue weighted by Gasteiger charge is -2.14. The molecule has 1 heterocycles. The first-order valence-electron chi connectivity index (χ1n) is 11.1. The molecule has 2 N–H and O–H groups in total. The fourth-order valence-electron chi connectivity index (χ4n) is 4.21. The second-order valence-corrected chi connectivity index (χ2v) is 9.54. The number of carbonyl (C=O) groups is 2. The van der Waals surface area contributed by atoms with Crippen molar-refractivity contribution in [1.82, 2.24) is 9.78 Å². The molecule has 0 saturated heterocycles. The van der Waals surface area contributed by atoms with E-state index in [2.05, 4.69) is 26.6 Å². The van der Waals surface area contributed by atoms with Crippen LogP contribution in [0.4, 0.5) is 11.4 Å². The topological polar surface area (TPSA) is 76.0 Å². The van der Waals surface area contributed by atoms with Crippen LogP contribution in [0.25, 0.3) is 5.69 Å². The Balaban J connectivity index is 1.44. The molecule has 164 valence electrons. The molecule has 0 bridgehead atoms. The van der Waals surface area contributed by atoms with Gasteiger partial charge in [0.25, 0.3) is 5.91 Å². The summed E-state index contributed by atoms with van der Waals surface area (Å²) < 4.78 is 2.88. The normalized spacial score (nSPS) is 15.2. The van der Waals surface area contributed by atoms with Crippen molar-refractivity contribution in [1.29, 1.82) is 0 Å². The van der Waals surface area contributed by atoms with Crippen LogP contribution < -0.4 is 10.6 Å². The Labute approximate surface area is 195 Å². The number of rotatable bonds is 5. The molecule has 1 aromatic heterocycles. The van der Waals surface area contributed by atoms with Gasteiger partial charge in [-0.15, -0.1) is 0 Å². The number of nitrogens with zero attached hydrogens (tertiary/aromatic N) is 2. The third kappa shape index (κ3) is 4.21. The lowest BCUT2D eigenvalue weighted by atomic mass is 9.95. The molecule has 0 atom stereocenters. The van der Waals surface area contributed by atoms with E-state index in [1.54, 1.807) is 0 Å². The minimum Gasteiger partial charge on any atom is -0.326 e. The van der Waals surface area contributed by atoms with Crippen molar-refractivity contribution in [3.8, 4) is 5.69 Å². The highest BCUT2D eigenvalue weighted by Gasteiger charge is 2.30. The molecule has 0 radical (unpaired) electrons. The number of hydrogen-bond acceptors (Lipinski definition) is 3. The van der Waals surface area contributed by atoms with Gasteiger partial charge in [0.05, 0.1) is 5.69 Å². The number of aromatic nitrogens is 2. The van der Waals surface area contributed by atoms with Crippen molar-refractivity contribution < 1.29 is 9.59 Å². The van der Waals surface area contributed by atoms with Crippen LogP contribution in [0.15, 0.2) is 46.9 Å². The maximum Gasteiger partial charge on any atom is 0.276 e. The van der Waals surface area contributed by atoms with Gasteiger partial charge in [-0.25, -0.2) is 4.68 Å². The molecule has 32 heavy (non-hydrogen) atoms. The number of aryl methyl sites for hydroxylation is 1. The van der Waals surface area contributed by atoms with Gasteiger partial charge in [0, 0.05) is 33.0 Å². The SMILES string of the molecule is Cc1ccc(NC(=O)C2CC2)cc1NC(=O)c1nn(-c2cccc(Br)c2)c2c1CCCC2. The molecule has 2 amide bonds. The van der Waals surface area contributed by atoms with E-state index in [0.717, 1.165) is 65.5 Å². The summed E-state index contributed by atoms with van der Waals surface area (Å²) in [6.07, 6.45) is 5.81. The Hall–Kier alpha value is -2.93. The van der Waals surface area contributed by atoms with E-state index in [-0.39, 0.29) is 17.7 Å². The molecule has 0 spiro atoms. The molecular formula is C25H25BrN4O2. The number of carbonyl (C=O) groups excluding carboxylic acids is 2. The quantitative estimate of drug-likeness (QED) is 0.498. The van der Waals surface area contributed by atoms with E-state index in [4.69, 9.17) is 5.10 Å². The molecule has 2 aliphatic rings. The summed E-state index contributed by atoms with van der Waals surface area (Å²) >= 11 is 3.53. The smallest absolute Gasteiger partial charge is 0.276 e. The average Bonchev–Trinajstić information content (AvgIpc) is 3.56. The molecule has 2 aliphatic carbocycles. The van der Waals surface area contributed by atoms with Crippen LogP contribution in [-0.2, 0) is 17.6 Å². The van der Waals surface area contributed by atoms with Crippen LogP contribution >= 0.6 is 15.9 Å². The molecular weight excluding hydrogens is 468 g/mol. The summed E-state index contributed by atoms with van der Waals surface area (Å²) in [7, 11) is 0. The molecule has 1 fully saturated rings. The Morgan fingerprint density at radius 3 is 2.66 bits per heavy atom. The minimum absolute atomic E-state index is 0.0490. The number of halogens is 1. The van der Waals surface area contributed by atoms with Gasteiger partial charge in [0.1, 0.15) is 0 Å². The predicted octanol–water partition coefficient (Wildman–Crippen LogP) is 5.42. The highest BCUT2D eigenvalue weighted by molar-refractivity contribution is 9.10. The van der Waals surface area contributed by atoms with E-state index in [0.29, 0.717) is 17.1 Å². The van der Waals surface area contributed by atoms with Crippen LogP contribution in [0.2, 0.25) is 0 Å². The van der Waals surface area contributed by atoms with Crippen LogP contribution in [0.5, 0.6) is 0 Å². The second kappa shape index (κ2) is 8.54. The van der Waals surface area contributed by atoms with E-state index >= 15 is 0 Å². The number of hydrogen-bond donors (Lipinski definition) is 2. The van der Waals surface area contributed by atoms with Gasteiger partial charge >= 0.3 is 0 Å². The van der Waals surface area contributed by atoms with Gasteiger partial charge in [0.15, 0.2) is 5.69 Å². The number of nitrogens with one attached hydrogen (secondary N) is 2. The Morgan fingerprint density at radius 1 is 1.06 bits per heavy atom. The van der Waals surface area contributed by atoms with Gasteiger partial charge in [-0.2, -0.15) is 5.10 Å². The maximum atomic E-state index is 13.3. The van der Waals surface area contributed by atoms with E-state index in [1.165, 1.54) is 0 Å². The summed E-state index contributed by atoms with van der Waals surface area (Å²) in [5, 5.41) is 10.7. The Kier molecular flexibility index (Phi) is 5.59. The van der Waals surface area contributed by atoms with Crippen LogP contribution in [0.1, 0.15) is 53.0 Å². The van der Waals surface area contributed by atoms with Gasteiger partial charge in [-0.3, -0.25) is 9.59 Å². The van der Waals surface area contributed by atoms with Gasteiger partial charge in [-0.05, 0) is 81.3 Å². The predicted molar refractivity (Wildman–Crippen MR) is 128 cm³/mol. The van der Waals surface area contributed by atoms with Crippen LogP contribution in [-0.4, -0.2) is 21.6 Å². The van der Waals surface area contributed by atoms with E-state index in [1.807, 2.05) is 54.1 Å². The molecule has 2 aromatic carbocycles. The van der Waals surface area contributed by atoms with Crippen molar-refractivity contribution in [3.05, 3.63) is 69.5 Å². The minimum atomic E-state index is -0.217. The zero-order valence-electron chi connectivity index (χ0n) is 18.0. The maximum absolute atomic E-state index is 13.3. The first-order valence-corrected chi connectivity index (χ1v) is 11.9. The lowest BCUT2D eigenvalue weighted by Crippen LogP contribution is -2.17. The summed E-state index contributed by atoms with van der Waals surface area (Å²) in [5.74, 6) is -0.0403. The summed E-state index contributed by atoms with van der Waals surface area (Å²) in [6.45, 7) is 1.94. The lowest BCUT2D eigenvalue weighted by molar-refractivity contribution is -0.117. The third-order valence-corrected chi connectivity index (χ3v) is 6.64. The van der Waals surface area contributed by atoms with Gasteiger partial charge in [0.2, 0.25) is 5.91 Å². The fourth-order valence-corrected chi connectivity index (χ4v) is 4.60.